The van der Waals surface area contributed by atoms with Crippen LogP contribution in [0.15, 0.2) is 66.7 Å². The molecule has 32 heavy (non-hydrogen) atoms. The topological polar surface area (TPSA) is 26.3 Å². The molecule has 0 aliphatic rings. The number of ether oxygens (including phenoxy) is 1. The van der Waals surface area contributed by atoms with E-state index in [1.807, 2.05) is 42.5 Å². The van der Waals surface area contributed by atoms with Gasteiger partial charge in [-0.3, -0.25) is 4.79 Å². The highest BCUT2D eigenvalue weighted by molar-refractivity contribution is 5.85. The van der Waals surface area contributed by atoms with E-state index in [0.29, 0.717) is 17.9 Å². The van der Waals surface area contributed by atoms with Gasteiger partial charge in [-0.05, 0) is 77.4 Å². The van der Waals surface area contributed by atoms with Gasteiger partial charge in [0.2, 0.25) is 0 Å². The molecule has 0 aliphatic carbocycles. The van der Waals surface area contributed by atoms with E-state index in [1.165, 1.54) is 12.1 Å². The van der Waals surface area contributed by atoms with Gasteiger partial charge in [0.1, 0.15) is 11.5 Å². The van der Waals surface area contributed by atoms with Crippen molar-refractivity contribution in [2.45, 2.75) is 39.3 Å². The number of halogens is 3. The Kier molecular flexibility index (Phi) is 7.07. The van der Waals surface area contributed by atoms with Crippen LogP contribution in [0, 0.1) is 5.92 Å². The first kappa shape index (κ1) is 23.6. The molecule has 0 fully saturated rings. The van der Waals surface area contributed by atoms with Gasteiger partial charge in [0.15, 0.2) is 0 Å². The average Bonchev–Trinajstić information content (AvgIpc) is 2.76. The smallest absolute Gasteiger partial charge is 0.416 e. The molecule has 0 aliphatic heterocycles. The van der Waals surface area contributed by atoms with Crippen molar-refractivity contribution >= 4 is 5.78 Å². The highest BCUT2D eigenvalue weighted by Crippen LogP contribution is 2.36. The van der Waals surface area contributed by atoms with Crippen LogP contribution < -0.4 is 4.74 Å². The second kappa shape index (κ2) is 9.60. The molecule has 0 saturated carbocycles. The molecule has 2 nitrogen and oxygen atoms in total. The predicted octanol–water partition coefficient (Wildman–Crippen LogP) is 7.77. The lowest BCUT2D eigenvalue weighted by Gasteiger charge is -2.19. The van der Waals surface area contributed by atoms with Crippen molar-refractivity contribution in [3.63, 3.8) is 0 Å². The number of alkyl halides is 3. The van der Waals surface area contributed by atoms with E-state index in [9.17, 15) is 18.0 Å². The van der Waals surface area contributed by atoms with Crippen molar-refractivity contribution in [2.75, 3.05) is 7.11 Å². The lowest BCUT2D eigenvalue weighted by molar-refractivity contribution is -0.137. The van der Waals surface area contributed by atoms with Crippen molar-refractivity contribution in [3.05, 3.63) is 77.9 Å². The quantitative estimate of drug-likeness (QED) is 0.375. The number of benzene rings is 3. The lowest BCUT2D eigenvalue weighted by atomic mass is 9.84. The van der Waals surface area contributed by atoms with Gasteiger partial charge in [0, 0.05) is 5.92 Å². The van der Waals surface area contributed by atoms with Crippen LogP contribution in [0.5, 0.6) is 5.75 Å². The summed E-state index contributed by atoms with van der Waals surface area (Å²) < 4.78 is 44.2. The monoisotopic (exact) mass is 440 g/mol. The Labute approximate surface area is 187 Å². The number of hydrogen-bond acceptors (Lipinski definition) is 2. The van der Waals surface area contributed by atoms with Gasteiger partial charge in [-0.15, -0.1) is 0 Å². The van der Waals surface area contributed by atoms with Crippen LogP contribution in [0.2, 0.25) is 0 Å². The molecule has 3 aromatic carbocycles. The molecule has 0 amide bonds. The van der Waals surface area contributed by atoms with E-state index >= 15 is 0 Å². The first-order chi connectivity index (χ1) is 15.1. The Morgan fingerprint density at radius 1 is 0.844 bits per heavy atom. The molecule has 0 saturated heterocycles. The SMILES string of the molecule is COc1ccc(-c2cc(-c3ccc(C(F)(F)F)cc3)cc(C(CC(C)C)C(C)=O)c2)cc1. The fourth-order valence-electron chi connectivity index (χ4n) is 3.83. The third-order valence-corrected chi connectivity index (χ3v) is 5.52. The number of methoxy groups -OCH3 is 1. The number of carbonyl (C=O) groups excluding carboxylic acids is 1. The van der Waals surface area contributed by atoms with Crippen molar-refractivity contribution < 1.29 is 22.7 Å². The maximum absolute atomic E-state index is 13.0. The molecule has 168 valence electrons. The maximum atomic E-state index is 13.0. The molecule has 3 aromatic rings. The van der Waals surface area contributed by atoms with Crippen LogP contribution in [0.1, 0.15) is 44.2 Å². The van der Waals surface area contributed by atoms with E-state index in [4.69, 9.17) is 4.74 Å². The van der Waals surface area contributed by atoms with Gasteiger partial charge >= 0.3 is 6.18 Å². The van der Waals surface area contributed by atoms with Gasteiger partial charge in [0.25, 0.3) is 0 Å². The summed E-state index contributed by atoms with van der Waals surface area (Å²) in [7, 11) is 1.60. The molecule has 0 spiro atoms. The normalized spacial score (nSPS) is 12.6. The predicted molar refractivity (Wildman–Crippen MR) is 122 cm³/mol. The summed E-state index contributed by atoms with van der Waals surface area (Å²) in [6, 6.07) is 18.6. The minimum atomic E-state index is -4.38. The minimum absolute atomic E-state index is 0.0731. The fraction of sp³-hybridized carbons (Fsp3) is 0.296. The summed E-state index contributed by atoms with van der Waals surface area (Å²) in [5.41, 5.74) is 3.46. The Bertz CT molecular complexity index is 1070. The first-order valence-electron chi connectivity index (χ1n) is 10.6. The molecule has 5 heteroatoms. The van der Waals surface area contributed by atoms with Crippen molar-refractivity contribution in [1.29, 1.82) is 0 Å². The van der Waals surface area contributed by atoms with Crippen LogP contribution in [0.3, 0.4) is 0 Å². The molecule has 1 unspecified atom stereocenters. The highest BCUT2D eigenvalue weighted by atomic mass is 19.4. The van der Waals surface area contributed by atoms with Crippen molar-refractivity contribution in [1.82, 2.24) is 0 Å². The van der Waals surface area contributed by atoms with E-state index in [-0.39, 0.29) is 11.7 Å². The average molecular weight is 441 g/mol. The number of carbonyl (C=O) groups is 1. The summed E-state index contributed by atoms with van der Waals surface area (Å²) in [5, 5.41) is 0. The van der Waals surface area contributed by atoms with Crippen molar-refractivity contribution in [3.8, 4) is 28.0 Å². The molecular weight excluding hydrogens is 413 g/mol. The molecule has 0 N–H and O–H groups in total. The highest BCUT2D eigenvalue weighted by Gasteiger charge is 2.30. The van der Waals surface area contributed by atoms with Gasteiger partial charge in [-0.1, -0.05) is 50.2 Å². The zero-order valence-corrected chi connectivity index (χ0v) is 18.7. The largest absolute Gasteiger partial charge is 0.497 e. The molecule has 0 bridgehead atoms. The Hall–Kier alpha value is -3.08. The Morgan fingerprint density at radius 2 is 1.34 bits per heavy atom. The van der Waals surface area contributed by atoms with Gasteiger partial charge in [0.05, 0.1) is 12.7 Å². The second-order valence-electron chi connectivity index (χ2n) is 8.44. The zero-order valence-electron chi connectivity index (χ0n) is 18.7. The summed E-state index contributed by atoms with van der Waals surface area (Å²) in [5.74, 6) is 0.850. The molecular formula is C27H27F3O2. The van der Waals surface area contributed by atoms with E-state index in [1.54, 1.807) is 14.0 Å². The Morgan fingerprint density at radius 3 is 1.75 bits per heavy atom. The van der Waals surface area contributed by atoms with Crippen molar-refractivity contribution in [2.24, 2.45) is 5.92 Å². The standard InChI is InChI=1S/C27H27F3O2/c1-17(2)13-26(18(3)31)23-15-21(19-5-9-24(10-6-19)27(28,29)30)14-22(16-23)20-7-11-25(32-4)12-8-20/h5-12,14-17,26H,13H2,1-4H3. The van der Waals surface area contributed by atoms with E-state index in [2.05, 4.69) is 13.8 Å². The summed E-state index contributed by atoms with van der Waals surface area (Å²) in [6.45, 7) is 5.73. The summed E-state index contributed by atoms with van der Waals surface area (Å²) in [4.78, 5) is 12.5. The second-order valence-corrected chi connectivity index (χ2v) is 8.44. The van der Waals surface area contributed by atoms with E-state index in [0.717, 1.165) is 40.1 Å². The molecule has 3 rings (SSSR count). The van der Waals surface area contributed by atoms with Crippen LogP contribution in [-0.4, -0.2) is 12.9 Å². The van der Waals surface area contributed by atoms with Gasteiger partial charge in [-0.2, -0.15) is 13.2 Å². The van der Waals surface area contributed by atoms with Crippen LogP contribution in [0.4, 0.5) is 13.2 Å². The number of Topliss-reactive ketones (excluding diaryl/α,β-unsaturated/α-hetero) is 1. The van der Waals surface area contributed by atoms with Gasteiger partial charge in [-0.25, -0.2) is 0 Å². The maximum Gasteiger partial charge on any atom is 0.416 e. The first-order valence-corrected chi connectivity index (χ1v) is 10.6. The minimum Gasteiger partial charge on any atom is -0.497 e. The van der Waals surface area contributed by atoms with Crippen LogP contribution in [-0.2, 0) is 11.0 Å². The van der Waals surface area contributed by atoms with E-state index < -0.39 is 11.7 Å². The van der Waals surface area contributed by atoms with Crippen LogP contribution in [0.25, 0.3) is 22.3 Å². The molecule has 0 aromatic heterocycles. The fourth-order valence-corrected chi connectivity index (χ4v) is 3.83. The Balaban J connectivity index is 2.14. The summed E-state index contributed by atoms with van der Waals surface area (Å²) >= 11 is 0. The van der Waals surface area contributed by atoms with Crippen LogP contribution >= 0.6 is 0 Å². The lowest BCUT2D eigenvalue weighted by Crippen LogP contribution is -2.12. The number of hydrogen-bond donors (Lipinski definition) is 0. The van der Waals surface area contributed by atoms with Gasteiger partial charge < -0.3 is 4.74 Å². The zero-order chi connectivity index (χ0) is 23.5. The molecule has 0 radical (unpaired) electrons. The third-order valence-electron chi connectivity index (χ3n) is 5.52. The molecule has 1 atom stereocenters. The summed E-state index contributed by atoms with van der Waals surface area (Å²) in [6.07, 6.45) is -3.68. The third kappa shape index (κ3) is 5.58. The number of ketones is 1. The number of rotatable bonds is 7. The molecule has 0 heterocycles.